The molecule has 2 aromatic rings. The lowest BCUT2D eigenvalue weighted by molar-refractivity contribution is 0.346. The van der Waals surface area contributed by atoms with Crippen molar-refractivity contribution in [2.24, 2.45) is 5.92 Å². The van der Waals surface area contributed by atoms with Crippen LogP contribution in [0.2, 0.25) is 5.02 Å². The Morgan fingerprint density at radius 3 is 3.07 bits per heavy atom. The van der Waals surface area contributed by atoms with Crippen LogP contribution >= 0.6 is 22.9 Å². The number of nitrogens with one attached hydrogen (secondary N) is 1. The van der Waals surface area contributed by atoms with Gasteiger partial charge in [0.05, 0.1) is 15.2 Å². The van der Waals surface area contributed by atoms with Crippen LogP contribution in [0.3, 0.4) is 0 Å². The maximum Gasteiger partial charge on any atom is 0.0942 e. The number of hydrogen-bond donors (Lipinski definition) is 1. The molecule has 78 valence electrons. The molecule has 0 spiro atoms. The lowest BCUT2D eigenvalue weighted by atomic mass is 10.0. The highest BCUT2D eigenvalue weighted by molar-refractivity contribution is 7.18. The van der Waals surface area contributed by atoms with Crippen LogP contribution in [0.4, 0.5) is 0 Å². The van der Waals surface area contributed by atoms with Crippen LogP contribution in [-0.2, 0) is 6.42 Å². The van der Waals surface area contributed by atoms with E-state index in [-0.39, 0.29) is 0 Å². The summed E-state index contributed by atoms with van der Waals surface area (Å²) in [6, 6.07) is 5.89. The van der Waals surface area contributed by atoms with Crippen LogP contribution in [-0.4, -0.2) is 18.1 Å². The highest BCUT2D eigenvalue weighted by atomic mass is 35.5. The van der Waals surface area contributed by atoms with Crippen molar-refractivity contribution in [1.29, 1.82) is 0 Å². The summed E-state index contributed by atoms with van der Waals surface area (Å²) in [4.78, 5) is 4.61. The number of rotatable bonds is 2. The first-order valence-electron chi connectivity index (χ1n) is 5.07. The van der Waals surface area contributed by atoms with Gasteiger partial charge in [0.2, 0.25) is 0 Å². The molecule has 4 heteroatoms. The smallest absolute Gasteiger partial charge is 0.0942 e. The Kier molecular flexibility index (Phi) is 2.39. The van der Waals surface area contributed by atoms with Gasteiger partial charge in [-0.3, -0.25) is 0 Å². The van der Waals surface area contributed by atoms with E-state index in [1.54, 1.807) is 11.3 Å². The number of halogens is 1. The third kappa shape index (κ3) is 1.87. The summed E-state index contributed by atoms with van der Waals surface area (Å²) in [6.45, 7) is 2.27. The average Bonchev–Trinajstić information content (AvgIpc) is 2.53. The predicted octanol–water partition coefficient (Wildman–Crippen LogP) is 2.71. The van der Waals surface area contributed by atoms with E-state index in [1.807, 2.05) is 18.2 Å². The zero-order valence-corrected chi connectivity index (χ0v) is 9.74. The molecule has 0 radical (unpaired) electrons. The van der Waals surface area contributed by atoms with Crippen LogP contribution in [0.15, 0.2) is 18.2 Å². The van der Waals surface area contributed by atoms with Crippen molar-refractivity contribution in [2.45, 2.75) is 6.42 Å². The molecule has 2 heterocycles. The topological polar surface area (TPSA) is 24.9 Å². The van der Waals surface area contributed by atoms with Gasteiger partial charge in [-0.25, -0.2) is 4.98 Å². The monoisotopic (exact) mass is 238 g/mol. The molecule has 3 rings (SSSR count). The molecule has 15 heavy (non-hydrogen) atoms. The molecule has 0 unspecified atom stereocenters. The molecule has 0 atom stereocenters. The van der Waals surface area contributed by atoms with Gasteiger partial charge in [-0.1, -0.05) is 11.6 Å². The number of thiazole rings is 1. The summed E-state index contributed by atoms with van der Waals surface area (Å²) in [7, 11) is 0. The maximum absolute atomic E-state index is 5.94. The fourth-order valence-corrected chi connectivity index (χ4v) is 3.13. The van der Waals surface area contributed by atoms with Gasteiger partial charge >= 0.3 is 0 Å². The van der Waals surface area contributed by atoms with Crippen molar-refractivity contribution in [3.8, 4) is 0 Å². The summed E-state index contributed by atoms with van der Waals surface area (Å²) in [6.07, 6.45) is 1.10. The lowest BCUT2D eigenvalue weighted by Gasteiger charge is -2.25. The zero-order valence-electron chi connectivity index (χ0n) is 8.16. The quantitative estimate of drug-likeness (QED) is 0.870. The molecule has 1 saturated heterocycles. The molecule has 1 fully saturated rings. The first-order chi connectivity index (χ1) is 7.31. The molecule has 2 nitrogen and oxygen atoms in total. The van der Waals surface area contributed by atoms with Crippen molar-refractivity contribution >= 4 is 33.2 Å². The summed E-state index contributed by atoms with van der Waals surface area (Å²) < 4.78 is 1.20. The highest BCUT2D eigenvalue weighted by Gasteiger charge is 2.18. The Hall–Kier alpha value is -0.640. The van der Waals surface area contributed by atoms with E-state index in [1.165, 1.54) is 9.71 Å². The Bertz CT molecular complexity index is 490. The Labute approximate surface area is 97.3 Å². The fraction of sp³-hybridized carbons (Fsp3) is 0.364. The van der Waals surface area contributed by atoms with Gasteiger partial charge in [0.1, 0.15) is 0 Å². The SMILES string of the molecule is Clc1ccc2nc(CC3CNC3)sc2c1. The van der Waals surface area contributed by atoms with Gasteiger partial charge in [-0.15, -0.1) is 11.3 Å². The summed E-state index contributed by atoms with van der Waals surface area (Å²) >= 11 is 7.71. The first-order valence-corrected chi connectivity index (χ1v) is 6.26. The van der Waals surface area contributed by atoms with Crippen molar-refractivity contribution in [2.75, 3.05) is 13.1 Å². The van der Waals surface area contributed by atoms with Crippen LogP contribution in [0, 0.1) is 5.92 Å². The van der Waals surface area contributed by atoms with Crippen molar-refractivity contribution in [1.82, 2.24) is 10.3 Å². The van der Waals surface area contributed by atoms with E-state index >= 15 is 0 Å². The second kappa shape index (κ2) is 3.74. The van der Waals surface area contributed by atoms with Gasteiger partial charge < -0.3 is 5.32 Å². The van der Waals surface area contributed by atoms with Crippen LogP contribution in [0.5, 0.6) is 0 Å². The average molecular weight is 239 g/mol. The standard InChI is InChI=1S/C11H11ClN2S/c12-8-1-2-9-10(4-8)15-11(14-9)3-7-5-13-6-7/h1-2,4,7,13H,3,5-6H2. The third-order valence-electron chi connectivity index (χ3n) is 2.72. The normalized spacial score (nSPS) is 16.9. The molecule has 0 aliphatic carbocycles. The largest absolute Gasteiger partial charge is 0.316 e. The molecule has 0 bridgehead atoms. The highest BCUT2D eigenvalue weighted by Crippen LogP contribution is 2.27. The van der Waals surface area contributed by atoms with E-state index < -0.39 is 0 Å². The van der Waals surface area contributed by atoms with Crippen LogP contribution in [0.25, 0.3) is 10.2 Å². The number of aromatic nitrogens is 1. The van der Waals surface area contributed by atoms with Gasteiger partial charge in [0, 0.05) is 11.4 Å². The molecule has 1 N–H and O–H groups in total. The van der Waals surface area contributed by atoms with Gasteiger partial charge in [0.15, 0.2) is 0 Å². The minimum absolute atomic E-state index is 0.779. The summed E-state index contributed by atoms with van der Waals surface area (Å²) in [5.41, 5.74) is 1.08. The lowest BCUT2D eigenvalue weighted by Crippen LogP contribution is -2.43. The van der Waals surface area contributed by atoms with E-state index in [2.05, 4.69) is 10.3 Å². The number of fused-ring (bicyclic) bond motifs is 1. The number of nitrogens with zero attached hydrogens (tertiary/aromatic N) is 1. The van der Waals surface area contributed by atoms with E-state index in [9.17, 15) is 0 Å². The van der Waals surface area contributed by atoms with E-state index in [4.69, 9.17) is 11.6 Å². The van der Waals surface area contributed by atoms with Crippen LogP contribution in [0.1, 0.15) is 5.01 Å². The molecular weight excluding hydrogens is 228 g/mol. The van der Waals surface area contributed by atoms with E-state index in [0.717, 1.165) is 36.0 Å². The maximum atomic E-state index is 5.94. The predicted molar refractivity (Wildman–Crippen MR) is 64.7 cm³/mol. The van der Waals surface area contributed by atoms with Gasteiger partial charge in [-0.05, 0) is 37.2 Å². The Morgan fingerprint density at radius 1 is 1.47 bits per heavy atom. The summed E-state index contributed by atoms with van der Waals surface area (Å²) in [5.74, 6) is 0.779. The molecule has 1 aromatic heterocycles. The molecule has 0 saturated carbocycles. The Morgan fingerprint density at radius 2 is 2.33 bits per heavy atom. The molecule has 1 aliphatic heterocycles. The summed E-state index contributed by atoms with van der Waals surface area (Å²) in [5, 5.41) is 5.31. The first kappa shape index (κ1) is 9.58. The van der Waals surface area contributed by atoms with Crippen molar-refractivity contribution in [3.05, 3.63) is 28.2 Å². The van der Waals surface area contributed by atoms with Crippen LogP contribution < -0.4 is 5.32 Å². The van der Waals surface area contributed by atoms with Crippen molar-refractivity contribution < 1.29 is 0 Å². The fourth-order valence-electron chi connectivity index (χ4n) is 1.77. The number of hydrogen-bond acceptors (Lipinski definition) is 3. The van der Waals surface area contributed by atoms with Gasteiger partial charge in [-0.2, -0.15) is 0 Å². The third-order valence-corrected chi connectivity index (χ3v) is 4.00. The second-order valence-corrected chi connectivity index (χ2v) is 5.50. The minimum Gasteiger partial charge on any atom is -0.316 e. The van der Waals surface area contributed by atoms with Crippen molar-refractivity contribution in [3.63, 3.8) is 0 Å². The molecule has 0 amide bonds. The molecule has 1 aromatic carbocycles. The second-order valence-electron chi connectivity index (χ2n) is 3.95. The molecular formula is C11H11ClN2S. The van der Waals surface area contributed by atoms with Gasteiger partial charge in [0.25, 0.3) is 0 Å². The Balaban J connectivity index is 1.91. The molecule has 1 aliphatic rings. The van der Waals surface area contributed by atoms with E-state index in [0.29, 0.717) is 0 Å². The number of benzene rings is 1. The zero-order chi connectivity index (χ0) is 10.3. The minimum atomic E-state index is 0.779.